The summed E-state index contributed by atoms with van der Waals surface area (Å²) in [5.41, 5.74) is 0. The van der Waals surface area contributed by atoms with Gasteiger partial charge in [-0.2, -0.15) is 0 Å². The van der Waals surface area contributed by atoms with E-state index in [0.29, 0.717) is 6.10 Å². The molecule has 1 aromatic rings. The summed E-state index contributed by atoms with van der Waals surface area (Å²) >= 11 is 2.29. The molecule has 1 saturated heterocycles. The zero-order valence-corrected chi connectivity index (χ0v) is 10.8. The van der Waals surface area contributed by atoms with Gasteiger partial charge in [0, 0.05) is 16.6 Å². The Balaban J connectivity index is 1.71. The zero-order valence-electron chi connectivity index (χ0n) is 8.62. The highest BCUT2D eigenvalue weighted by Crippen LogP contribution is 2.17. The molecule has 0 aromatic heterocycles. The number of rotatable bonds is 4. The third-order valence-corrected chi connectivity index (χ3v) is 3.27. The van der Waals surface area contributed by atoms with Crippen LogP contribution < -0.4 is 4.74 Å². The molecule has 0 radical (unpaired) electrons. The summed E-state index contributed by atoms with van der Waals surface area (Å²) in [5.74, 6) is 0.952. The van der Waals surface area contributed by atoms with Gasteiger partial charge in [-0.1, -0.05) is 0 Å². The Morgan fingerprint density at radius 2 is 2.13 bits per heavy atom. The van der Waals surface area contributed by atoms with E-state index in [1.54, 1.807) is 0 Å². The van der Waals surface area contributed by atoms with Gasteiger partial charge in [0.2, 0.25) is 0 Å². The maximum Gasteiger partial charge on any atom is 0.119 e. The van der Waals surface area contributed by atoms with Gasteiger partial charge in [0.05, 0.1) is 12.7 Å². The van der Waals surface area contributed by atoms with E-state index in [-0.39, 0.29) is 0 Å². The van der Waals surface area contributed by atoms with Crippen LogP contribution in [0.2, 0.25) is 0 Å². The summed E-state index contributed by atoms with van der Waals surface area (Å²) in [5, 5.41) is 0. The standard InChI is InChI=1S/C12H15IO2/c13-10-3-5-12(6-4-10)15-9-7-11-2-1-8-14-11/h3-6,11H,1-2,7-9H2. The maximum atomic E-state index is 5.64. The monoisotopic (exact) mass is 318 g/mol. The van der Waals surface area contributed by atoms with Crippen molar-refractivity contribution in [3.8, 4) is 5.75 Å². The lowest BCUT2D eigenvalue weighted by Gasteiger charge is -2.10. The van der Waals surface area contributed by atoms with E-state index in [4.69, 9.17) is 9.47 Å². The van der Waals surface area contributed by atoms with Crippen LogP contribution in [0.4, 0.5) is 0 Å². The first-order valence-electron chi connectivity index (χ1n) is 5.34. The molecular weight excluding hydrogens is 303 g/mol. The molecule has 2 rings (SSSR count). The van der Waals surface area contributed by atoms with Gasteiger partial charge in [0.1, 0.15) is 5.75 Å². The Morgan fingerprint density at radius 3 is 2.80 bits per heavy atom. The Bertz CT molecular complexity index is 291. The molecule has 0 N–H and O–H groups in total. The van der Waals surface area contributed by atoms with Crippen molar-refractivity contribution < 1.29 is 9.47 Å². The highest BCUT2D eigenvalue weighted by Gasteiger charge is 2.14. The Labute approximate surface area is 104 Å². The summed E-state index contributed by atoms with van der Waals surface area (Å²) in [6.07, 6.45) is 3.82. The second kappa shape index (κ2) is 5.70. The van der Waals surface area contributed by atoms with Gasteiger partial charge in [-0.25, -0.2) is 0 Å². The third kappa shape index (κ3) is 3.65. The van der Waals surface area contributed by atoms with Gasteiger partial charge in [-0.15, -0.1) is 0 Å². The average Bonchev–Trinajstić information content (AvgIpc) is 2.74. The molecule has 0 bridgehead atoms. The quantitative estimate of drug-likeness (QED) is 0.794. The molecule has 1 unspecified atom stereocenters. The highest BCUT2D eigenvalue weighted by atomic mass is 127. The van der Waals surface area contributed by atoms with Gasteiger partial charge in [0.15, 0.2) is 0 Å². The molecule has 1 heterocycles. The molecule has 0 aliphatic carbocycles. The Kier molecular flexibility index (Phi) is 4.26. The van der Waals surface area contributed by atoms with Crippen LogP contribution in [0, 0.1) is 3.57 Å². The van der Waals surface area contributed by atoms with Crippen molar-refractivity contribution in [2.75, 3.05) is 13.2 Å². The van der Waals surface area contributed by atoms with Gasteiger partial charge in [-0.3, -0.25) is 0 Å². The van der Waals surface area contributed by atoms with Crippen molar-refractivity contribution in [3.05, 3.63) is 27.8 Å². The van der Waals surface area contributed by atoms with Crippen molar-refractivity contribution in [2.45, 2.75) is 25.4 Å². The first-order valence-corrected chi connectivity index (χ1v) is 6.42. The number of hydrogen-bond acceptors (Lipinski definition) is 2. The molecule has 1 atom stereocenters. The SMILES string of the molecule is Ic1ccc(OCCC2CCCO2)cc1. The lowest BCUT2D eigenvalue weighted by Crippen LogP contribution is -2.10. The van der Waals surface area contributed by atoms with Gasteiger partial charge in [-0.05, 0) is 59.7 Å². The van der Waals surface area contributed by atoms with E-state index in [9.17, 15) is 0 Å². The van der Waals surface area contributed by atoms with Crippen molar-refractivity contribution in [3.63, 3.8) is 0 Å². The highest BCUT2D eigenvalue weighted by molar-refractivity contribution is 14.1. The lowest BCUT2D eigenvalue weighted by atomic mass is 10.2. The molecule has 3 heteroatoms. The van der Waals surface area contributed by atoms with Crippen molar-refractivity contribution in [1.82, 2.24) is 0 Å². The summed E-state index contributed by atoms with van der Waals surface area (Å²) in [4.78, 5) is 0. The first-order chi connectivity index (χ1) is 7.34. The normalized spacial score (nSPS) is 20.5. The average molecular weight is 318 g/mol. The fraction of sp³-hybridized carbons (Fsp3) is 0.500. The maximum absolute atomic E-state index is 5.64. The fourth-order valence-electron chi connectivity index (χ4n) is 1.71. The van der Waals surface area contributed by atoms with Crippen molar-refractivity contribution in [2.24, 2.45) is 0 Å². The Hall–Kier alpha value is -0.290. The van der Waals surface area contributed by atoms with Crippen LogP contribution >= 0.6 is 22.6 Å². The predicted octanol–water partition coefficient (Wildman–Crippen LogP) is 3.24. The molecule has 2 nitrogen and oxygen atoms in total. The second-order valence-corrected chi connectivity index (χ2v) is 4.97. The van der Waals surface area contributed by atoms with E-state index < -0.39 is 0 Å². The van der Waals surface area contributed by atoms with Gasteiger partial charge < -0.3 is 9.47 Å². The summed E-state index contributed by atoms with van der Waals surface area (Å²) in [6.45, 7) is 1.68. The van der Waals surface area contributed by atoms with Crippen LogP contribution in [0.25, 0.3) is 0 Å². The molecule has 82 valence electrons. The number of halogens is 1. The largest absolute Gasteiger partial charge is 0.493 e. The lowest BCUT2D eigenvalue weighted by molar-refractivity contribution is 0.0903. The van der Waals surface area contributed by atoms with Crippen LogP contribution in [0.3, 0.4) is 0 Å². The third-order valence-electron chi connectivity index (χ3n) is 2.55. The number of benzene rings is 1. The minimum Gasteiger partial charge on any atom is -0.493 e. The van der Waals surface area contributed by atoms with Crippen LogP contribution in [0.5, 0.6) is 5.75 Å². The van der Waals surface area contributed by atoms with Crippen molar-refractivity contribution >= 4 is 22.6 Å². The molecule has 0 saturated carbocycles. The molecular formula is C12H15IO2. The molecule has 1 fully saturated rings. The second-order valence-electron chi connectivity index (χ2n) is 3.73. The molecule has 1 aliphatic rings. The number of ether oxygens (including phenoxy) is 2. The van der Waals surface area contributed by atoms with Crippen molar-refractivity contribution in [1.29, 1.82) is 0 Å². The van der Waals surface area contributed by atoms with Crippen LogP contribution in [0.15, 0.2) is 24.3 Å². The van der Waals surface area contributed by atoms with Crippen LogP contribution in [-0.4, -0.2) is 19.3 Å². The van der Waals surface area contributed by atoms with Gasteiger partial charge in [0.25, 0.3) is 0 Å². The summed E-state index contributed by atoms with van der Waals surface area (Å²) in [7, 11) is 0. The van der Waals surface area contributed by atoms with E-state index in [1.807, 2.05) is 12.1 Å². The number of hydrogen-bond donors (Lipinski definition) is 0. The summed E-state index contributed by atoms with van der Waals surface area (Å²) < 4.78 is 12.4. The first kappa shape index (κ1) is 11.2. The predicted molar refractivity (Wildman–Crippen MR) is 68.2 cm³/mol. The molecule has 0 amide bonds. The van der Waals surface area contributed by atoms with Crippen LogP contribution in [-0.2, 0) is 4.74 Å². The summed E-state index contributed by atoms with van der Waals surface area (Å²) in [6, 6.07) is 8.14. The molecule has 0 spiro atoms. The van der Waals surface area contributed by atoms with E-state index in [2.05, 4.69) is 34.7 Å². The van der Waals surface area contributed by atoms with E-state index in [0.717, 1.165) is 25.4 Å². The molecule has 15 heavy (non-hydrogen) atoms. The topological polar surface area (TPSA) is 18.5 Å². The van der Waals surface area contributed by atoms with E-state index in [1.165, 1.54) is 16.4 Å². The zero-order chi connectivity index (χ0) is 10.5. The minimum atomic E-state index is 0.425. The van der Waals surface area contributed by atoms with Gasteiger partial charge >= 0.3 is 0 Å². The molecule has 1 aliphatic heterocycles. The minimum absolute atomic E-state index is 0.425. The van der Waals surface area contributed by atoms with E-state index >= 15 is 0 Å². The molecule has 1 aromatic carbocycles. The van der Waals surface area contributed by atoms with Crippen LogP contribution in [0.1, 0.15) is 19.3 Å². The Morgan fingerprint density at radius 1 is 1.33 bits per heavy atom. The smallest absolute Gasteiger partial charge is 0.119 e. The fourth-order valence-corrected chi connectivity index (χ4v) is 2.07.